The third-order valence-corrected chi connectivity index (χ3v) is 4.37. The number of amides is 1. The van der Waals surface area contributed by atoms with Crippen molar-refractivity contribution in [2.24, 2.45) is 0 Å². The second-order valence-electron chi connectivity index (χ2n) is 6.52. The summed E-state index contributed by atoms with van der Waals surface area (Å²) in [4.78, 5) is 12.0. The summed E-state index contributed by atoms with van der Waals surface area (Å²) < 4.78 is 12.9. The van der Waals surface area contributed by atoms with E-state index in [1.807, 2.05) is 0 Å². The van der Waals surface area contributed by atoms with Gasteiger partial charge in [-0.05, 0) is 37.5 Å². The van der Waals surface area contributed by atoms with E-state index in [2.05, 4.69) is 5.32 Å². The molecule has 0 aromatic heterocycles. The minimum absolute atomic E-state index is 0.0214. The Hall–Kier alpha value is -1.46. The highest BCUT2D eigenvalue weighted by molar-refractivity contribution is 5.77. The van der Waals surface area contributed by atoms with Gasteiger partial charge in [0.15, 0.2) is 0 Å². The van der Waals surface area contributed by atoms with E-state index < -0.39 is 11.2 Å². The number of aliphatic hydroxyl groups is 2. The summed E-state index contributed by atoms with van der Waals surface area (Å²) >= 11 is 0. The Labute approximate surface area is 130 Å². The summed E-state index contributed by atoms with van der Waals surface area (Å²) in [7, 11) is 0. The molecular weight excluding hydrogens is 285 g/mol. The van der Waals surface area contributed by atoms with Crippen LogP contribution in [0.25, 0.3) is 0 Å². The highest BCUT2D eigenvalue weighted by Crippen LogP contribution is 2.30. The third-order valence-electron chi connectivity index (χ3n) is 4.37. The first-order chi connectivity index (χ1) is 10.3. The molecule has 1 fully saturated rings. The maximum Gasteiger partial charge on any atom is 0.223 e. The SMILES string of the molecule is CC(O)(CNC(=O)CC1(O)CCCCC1)c1ccc(F)cc1. The smallest absolute Gasteiger partial charge is 0.223 e. The molecular formula is C17H24FNO3. The Morgan fingerprint density at radius 2 is 1.86 bits per heavy atom. The van der Waals surface area contributed by atoms with Crippen molar-refractivity contribution >= 4 is 5.91 Å². The zero-order chi connectivity index (χ0) is 16.2. The molecule has 1 aliphatic rings. The summed E-state index contributed by atoms with van der Waals surface area (Å²) in [5.41, 5.74) is -1.66. The second kappa shape index (κ2) is 6.75. The predicted molar refractivity (Wildman–Crippen MR) is 81.6 cm³/mol. The van der Waals surface area contributed by atoms with Gasteiger partial charge in [0.1, 0.15) is 11.4 Å². The number of hydrogen-bond donors (Lipinski definition) is 3. The lowest BCUT2D eigenvalue weighted by molar-refractivity contribution is -0.128. The molecule has 0 aliphatic heterocycles. The fourth-order valence-electron chi connectivity index (χ4n) is 2.93. The predicted octanol–water partition coefficient (Wildman–Crippen LogP) is 2.23. The number of carbonyl (C=O) groups is 1. The van der Waals surface area contributed by atoms with Crippen LogP contribution in [0.1, 0.15) is 51.0 Å². The van der Waals surface area contributed by atoms with Gasteiger partial charge in [-0.25, -0.2) is 4.39 Å². The lowest BCUT2D eigenvalue weighted by Crippen LogP contribution is -2.43. The zero-order valence-corrected chi connectivity index (χ0v) is 12.9. The fourth-order valence-corrected chi connectivity index (χ4v) is 2.93. The summed E-state index contributed by atoms with van der Waals surface area (Å²) in [6.45, 7) is 1.59. The van der Waals surface area contributed by atoms with Crippen LogP contribution < -0.4 is 5.32 Å². The van der Waals surface area contributed by atoms with Gasteiger partial charge in [-0.1, -0.05) is 31.4 Å². The van der Waals surface area contributed by atoms with Crippen molar-refractivity contribution in [3.63, 3.8) is 0 Å². The Balaban J connectivity index is 1.88. The molecule has 1 aromatic rings. The van der Waals surface area contributed by atoms with Crippen molar-refractivity contribution in [1.29, 1.82) is 0 Å². The molecule has 0 saturated heterocycles. The van der Waals surface area contributed by atoms with E-state index in [0.29, 0.717) is 18.4 Å². The molecule has 0 heterocycles. The van der Waals surface area contributed by atoms with Crippen molar-refractivity contribution in [3.05, 3.63) is 35.6 Å². The van der Waals surface area contributed by atoms with Gasteiger partial charge in [0.2, 0.25) is 5.91 Å². The molecule has 1 saturated carbocycles. The highest BCUT2D eigenvalue weighted by Gasteiger charge is 2.32. The Kier molecular flexibility index (Phi) is 5.19. The molecule has 0 spiro atoms. The average Bonchev–Trinajstić information content (AvgIpc) is 2.46. The van der Waals surface area contributed by atoms with E-state index in [9.17, 15) is 19.4 Å². The second-order valence-corrected chi connectivity index (χ2v) is 6.52. The Bertz CT molecular complexity index is 507. The number of hydrogen-bond acceptors (Lipinski definition) is 3. The monoisotopic (exact) mass is 309 g/mol. The van der Waals surface area contributed by atoms with Crippen LogP contribution in [0.3, 0.4) is 0 Å². The van der Waals surface area contributed by atoms with E-state index in [4.69, 9.17) is 0 Å². The number of rotatable bonds is 5. The van der Waals surface area contributed by atoms with E-state index in [0.717, 1.165) is 19.3 Å². The summed E-state index contributed by atoms with van der Waals surface area (Å²) in [5.74, 6) is -0.644. The van der Waals surface area contributed by atoms with Gasteiger partial charge in [0, 0.05) is 0 Å². The normalized spacial score (nSPS) is 20.2. The van der Waals surface area contributed by atoms with Crippen LogP contribution in [-0.4, -0.2) is 28.3 Å². The Morgan fingerprint density at radius 1 is 1.27 bits per heavy atom. The first-order valence-corrected chi connectivity index (χ1v) is 7.78. The minimum atomic E-state index is -1.28. The van der Waals surface area contributed by atoms with Crippen molar-refractivity contribution in [3.8, 4) is 0 Å². The van der Waals surface area contributed by atoms with Gasteiger partial charge in [0.05, 0.1) is 18.6 Å². The number of nitrogens with one attached hydrogen (secondary N) is 1. The summed E-state index contributed by atoms with van der Waals surface area (Å²) in [6, 6.07) is 5.54. The van der Waals surface area contributed by atoms with Crippen LogP contribution in [0.5, 0.6) is 0 Å². The van der Waals surface area contributed by atoms with Crippen LogP contribution in [0.4, 0.5) is 4.39 Å². The molecule has 1 atom stereocenters. The maximum atomic E-state index is 12.9. The number of benzene rings is 1. The van der Waals surface area contributed by atoms with Gasteiger partial charge in [-0.3, -0.25) is 4.79 Å². The molecule has 3 N–H and O–H groups in total. The Morgan fingerprint density at radius 3 is 2.45 bits per heavy atom. The van der Waals surface area contributed by atoms with Crippen LogP contribution in [0.15, 0.2) is 24.3 Å². The molecule has 1 amide bonds. The summed E-state index contributed by atoms with van der Waals surface area (Å²) in [5, 5.41) is 23.4. The molecule has 0 bridgehead atoms. The molecule has 5 heteroatoms. The van der Waals surface area contributed by atoms with Crippen molar-refractivity contribution in [2.75, 3.05) is 6.54 Å². The van der Waals surface area contributed by atoms with Crippen molar-refractivity contribution in [1.82, 2.24) is 5.32 Å². The molecule has 122 valence electrons. The van der Waals surface area contributed by atoms with Gasteiger partial charge in [-0.2, -0.15) is 0 Å². The molecule has 0 radical (unpaired) electrons. The first kappa shape index (κ1) is 16.9. The van der Waals surface area contributed by atoms with Gasteiger partial charge < -0.3 is 15.5 Å². The van der Waals surface area contributed by atoms with E-state index in [-0.39, 0.29) is 24.7 Å². The average molecular weight is 309 g/mol. The third kappa shape index (κ3) is 4.52. The minimum Gasteiger partial charge on any atom is -0.389 e. The van der Waals surface area contributed by atoms with Crippen molar-refractivity contribution in [2.45, 2.75) is 56.7 Å². The first-order valence-electron chi connectivity index (χ1n) is 7.78. The lowest BCUT2D eigenvalue weighted by atomic mass is 9.82. The zero-order valence-electron chi connectivity index (χ0n) is 12.9. The molecule has 1 aliphatic carbocycles. The van der Waals surface area contributed by atoms with Crippen LogP contribution in [-0.2, 0) is 10.4 Å². The van der Waals surface area contributed by atoms with Crippen LogP contribution in [0.2, 0.25) is 0 Å². The highest BCUT2D eigenvalue weighted by atomic mass is 19.1. The largest absolute Gasteiger partial charge is 0.389 e. The van der Waals surface area contributed by atoms with E-state index in [1.165, 1.54) is 24.3 Å². The maximum absolute atomic E-state index is 12.9. The molecule has 2 rings (SSSR count). The van der Waals surface area contributed by atoms with Crippen molar-refractivity contribution < 1.29 is 19.4 Å². The van der Waals surface area contributed by atoms with Gasteiger partial charge >= 0.3 is 0 Å². The van der Waals surface area contributed by atoms with E-state index in [1.54, 1.807) is 6.92 Å². The van der Waals surface area contributed by atoms with Gasteiger partial charge in [-0.15, -0.1) is 0 Å². The molecule has 22 heavy (non-hydrogen) atoms. The quantitative estimate of drug-likeness (QED) is 0.781. The summed E-state index contributed by atoms with van der Waals surface area (Å²) in [6.07, 6.45) is 4.34. The fraction of sp³-hybridized carbons (Fsp3) is 0.588. The van der Waals surface area contributed by atoms with Crippen LogP contribution in [0, 0.1) is 5.82 Å². The topological polar surface area (TPSA) is 69.6 Å². The van der Waals surface area contributed by atoms with Crippen LogP contribution >= 0.6 is 0 Å². The molecule has 1 aromatic carbocycles. The number of carbonyl (C=O) groups excluding carboxylic acids is 1. The number of halogens is 1. The molecule has 4 nitrogen and oxygen atoms in total. The van der Waals surface area contributed by atoms with Gasteiger partial charge in [0.25, 0.3) is 0 Å². The van der Waals surface area contributed by atoms with E-state index >= 15 is 0 Å². The molecule has 1 unspecified atom stereocenters. The standard InChI is InChI=1S/C17H24FNO3/c1-16(21,13-5-7-14(18)8-6-13)12-19-15(20)11-17(22)9-3-2-4-10-17/h5-8,21-22H,2-4,9-12H2,1H3,(H,19,20). The lowest BCUT2D eigenvalue weighted by Gasteiger charge is -2.32.